The maximum Gasteiger partial charge on any atom is 0.169 e. The molecule has 0 radical (unpaired) electrons. The molecule has 1 fully saturated rings. The van der Waals surface area contributed by atoms with Gasteiger partial charge in [0.05, 0.1) is 17.8 Å². The number of nitrogens with zero attached hydrogens (tertiary/aromatic N) is 6. The molecular weight excluding hydrogens is 500 g/mol. The van der Waals surface area contributed by atoms with Gasteiger partial charge in [0, 0.05) is 19.2 Å². The maximum atomic E-state index is 9.54. The van der Waals surface area contributed by atoms with Crippen LogP contribution in [0.3, 0.4) is 0 Å². The molecule has 7 heteroatoms. The van der Waals surface area contributed by atoms with Crippen LogP contribution in [0.15, 0.2) is 45.9 Å². The minimum absolute atomic E-state index is 0.174. The number of rotatable bonds is 10. The smallest absolute Gasteiger partial charge is 0.169 e. The lowest BCUT2D eigenvalue weighted by atomic mass is 9.87. The molecule has 3 unspecified atom stereocenters. The van der Waals surface area contributed by atoms with Crippen molar-refractivity contribution in [1.29, 1.82) is 5.26 Å². The lowest BCUT2D eigenvalue weighted by molar-refractivity contribution is 0.328. The molecule has 0 N–H and O–H groups in total. The summed E-state index contributed by atoms with van der Waals surface area (Å²) in [7, 11) is 4.30. The van der Waals surface area contributed by atoms with Crippen molar-refractivity contribution in [3.63, 3.8) is 0 Å². The van der Waals surface area contributed by atoms with Crippen LogP contribution in [-0.4, -0.2) is 52.8 Å². The van der Waals surface area contributed by atoms with E-state index in [1.807, 2.05) is 39.8 Å². The van der Waals surface area contributed by atoms with E-state index in [0.29, 0.717) is 17.4 Å². The predicted octanol–water partition coefficient (Wildman–Crippen LogP) is 7.71. The lowest BCUT2D eigenvalue weighted by Gasteiger charge is -2.25. The highest BCUT2D eigenvalue weighted by Gasteiger charge is 2.24. The van der Waals surface area contributed by atoms with E-state index in [2.05, 4.69) is 74.0 Å². The fraction of sp³-hybridized carbons (Fsp3) is 0.594. The average molecular weight is 551 g/mol. The topological polar surface area (TPSA) is 60.5 Å². The molecule has 6 nitrogen and oxygen atoms in total. The number of imidazole rings is 1. The molecule has 0 bridgehead atoms. The van der Waals surface area contributed by atoms with E-state index in [9.17, 15) is 5.26 Å². The van der Waals surface area contributed by atoms with Crippen LogP contribution in [0.4, 0.5) is 5.82 Å². The predicted molar refractivity (Wildman–Crippen MR) is 171 cm³/mol. The van der Waals surface area contributed by atoms with Crippen molar-refractivity contribution in [1.82, 2.24) is 14.5 Å². The molecule has 1 saturated heterocycles. The Bertz CT molecular complexity index is 1130. The van der Waals surface area contributed by atoms with Crippen LogP contribution in [0.1, 0.15) is 79.2 Å². The molecule has 0 aliphatic carbocycles. The molecule has 0 spiro atoms. The van der Waals surface area contributed by atoms with E-state index < -0.39 is 0 Å². The summed E-state index contributed by atoms with van der Waals surface area (Å²) in [6.45, 7) is 21.9. The number of allylic oxidation sites excluding steroid dienone is 4. The highest BCUT2D eigenvalue weighted by Crippen LogP contribution is 2.31. The SMILES string of the molecule is C=C(C)S/C(=N\C(C)C(/C=C\C)=C(/C)C#N)N(C)c1c(CC)nc(/C=C\C(C)C2CCCN(C)CC2)n1CC. The van der Waals surface area contributed by atoms with Gasteiger partial charge in [0.1, 0.15) is 11.6 Å². The highest BCUT2D eigenvalue weighted by atomic mass is 32.2. The second-order valence-corrected chi connectivity index (χ2v) is 12.0. The van der Waals surface area contributed by atoms with Gasteiger partial charge >= 0.3 is 0 Å². The second kappa shape index (κ2) is 15.9. The number of anilines is 1. The minimum Gasteiger partial charge on any atom is -0.311 e. The van der Waals surface area contributed by atoms with Crippen molar-refractivity contribution in [2.75, 3.05) is 32.1 Å². The Hall–Kier alpha value is -2.56. The van der Waals surface area contributed by atoms with Gasteiger partial charge in [0.25, 0.3) is 0 Å². The van der Waals surface area contributed by atoms with E-state index in [1.165, 1.54) is 32.4 Å². The second-order valence-electron chi connectivity index (χ2n) is 10.7. The van der Waals surface area contributed by atoms with E-state index in [-0.39, 0.29) is 6.04 Å². The Morgan fingerprint density at radius 2 is 2.00 bits per heavy atom. The quantitative estimate of drug-likeness (QED) is 0.129. The third-order valence-corrected chi connectivity index (χ3v) is 8.46. The zero-order valence-corrected chi connectivity index (χ0v) is 26.6. The number of hydrogen-bond donors (Lipinski definition) is 0. The normalized spacial score (nSPS) is 19.6. The molecule has 0 saturated carbocycles. The van der Waals surface area contributed by atoms with Gasteiger partial charge in [-0.25, -0.2) is 4.98 Å². The van der Waals surface area contributed by atoms with Crippen molar-refractivity contribution < 1.29 is 0 Å². The van der Waals surface area contributed by atoms with E-state index in [1.54, 1.807) is 11.8 Å². The zero-order valence-electron chi connectivity index (χ0n) is 25.8. The Morgan fingerprint density at radius 3 is 2.59 bits per heavy atom. The number of nitriles is 1. The van der Waals surface area contributed by atoms with Gasteiger partial charge in [0.2, 0.25) is 0 Å². The van der Waals surface area contributed by atoms with Crippen molar-refractivity contribution >= 4 is 28.8 Å². The fourth-order valence-corrected chi connectivity index (χ4v) is 5.98. The molecule has 1 aliphatic rings. The van der Waals surface area contributed by atoms with Gasteiger partial charge in [0.15, 0.2) is 5.17 Å². The Morgan fingerprint density at radius 1 is 1.28 bits per heavy atom. The van der Waals surface area contributed by atoms with Gasteiger partial charge in [-0.15, -0.1) is 0 Å². The molecular formula is C32H50N6S. The largest absolute Gasteiger partial charge is 0.311 e. The Kier molecular flexibility index (Phi) is 13.3. The summed E-state index contributed by atoms with van der Waals surface area (Å²) in [5, 5.41) is 10.4. The molecule has 0 aromatic carbocycles. The molecule has 2 rings (SSSR count). The molecule has 2 heterocycles. The average Bonchev–Trinajstić information content (AvgIpc) is 3.13. The number of amidine groups is 1. The van der Waals surface area contributed by atoms with Crippen LogP contribution in [0.25, 0.3) is 6.08 Å². The standard InChI is InChI=1S/C32H50N6S/c1-11-15-28(25(7)22-33)26(8)34-32(39-23(4)5)37(10)31-29(12-2)35-30(38(31)13-3)18-17-24(6)27-16-14-20-36(9)21-19-27/h11,15,17-18,24,26-27H,4,12-14,16,19-21H2,1-3,5-10H3/b15-11-,18-17-,28-25-,34-32-. The molecule has 0 amide bonds. The van der Waals surface area contributed by atoms with Gasteiger partial charge < -0.3 is 14.4 Å². The van der Waals surface area contributed by atoms with Crippen LogP contribution in [0, 0.1) is 23.2 Å². The monoisotopic (exact) mass is 550 g/mol. The summed E-state index contributed by atoms with van der Waals surface area (Å²) in [5.74, 6) is 3.29. The number of aryl methyl sites for hydroxylation is 1. The lowest BCUT2D eigenvalue weighted by Crippen LogP contribution is -2.28. The summed E-state index contributed by atoms with van der Waals surface area (Å²) in [5.41, 5.74) is 2.67. The Labute approximate surface area is 242 Å². The number of likely N-dealkylation sites (tertiary alicyclic amines) is 1. The number of hydrogen-bond acceptors (Lipinski definition) is 5. The van der Waals surface area contributed by atoms with Crippen molar-refractivity contribution in [2.45, 2.75) is 86.7 Å². The molecule has 1 aliphatic heterocycles. The molecule has 214 valence electrons. The third kappa shape index (κ3) is 8.98. The van der Waals surface area contributed by atoms with Gasteiger partial charge in [-0.3, -0.25) is 4.99 Å². The number of aromatic nitrogens is 2. The summed E-state index contributed by atoms with van der Waals surface area (Å²) in [4.78, 5) is 15.8. The van der Waals surface area contributed by atoms with Crippen molar-refractivity contribution in [3.05, 3.63) is 52.4 Å². The van der Waals surface area contributed by atoms with Gasteiger partial charge in [-0.2, -0.15) is 5.26 Å². The first-order valence-corrected chi connectivity index (χ1v) is 15.2. The van der Waals surface area contributed by atoms with Crippen LogP contribution in [0.2, 0.25) is 0 Å². The summed E-state index contributed by atoms with van der Waals surface area (Å²) in [6, 6.07) is 2.12. The van der Waals surface area contributed by atoms with Gasteiger partial charge in [-0.1, -0.05) is 50.4 Å². The van der Waals surface area contributed by atoms with E-state index in [4.69, 9.17) is 9.98 Å². The van der Waals surface area contributed by atoms with E-state index >= 15 is 0 Å². The molecule has 3 atom stereocenters. The van der Waals surface area contributed by atoms with Crippen LogP contribution in [0.5, 0.6) is 0 Å². The molecule has 1 aromatic heterocycles. The minimum atomic E-state index is -0.174. The first kappa shape index (κ1) is 32.7. The van der Waals surface area contributed by atoms with Crippen molar-refractivity contribution in [3.8, 4) is 6.07 Å². The van der Waals surface area contributed by atoms with Crippen LogP contribution >= 0.6 is 11.8 Å². The third-order valence-electron chi connectivity index (χ3n) is 7.55. The van der Waals surface area contributed by atoms with E-state index in [0.717, 1.165) is 45.9 Å². The zero-order chi connectivity index (χ0) is 29.1. The van der Waals surface area contributed by atoms with Gasteiger partial charge in [-0.05, 0) is 109 Å². The first-order chi connectivity index (χ1) is 18.6. The summed E-state index contributed by atoms with van der Waals surface area (Å²) < 4.78 is 2.30. The highest BCUT2D eigenvalue weighted by molar-refractivity contribution is 8.17. The molecule has 39 heavy (non-hydrogen) atoms. The van der Waals surface area contributed by atoms with Crippen LogP contribution < -0.4 is 4.90 Å². The van der Waals surface area contributed by atoms with Crippen molar-refractivity contribution in [2.24, 2.45) is 16.8 Å². The molecule has 1 aromatic rings. The Balaban J connectivity index is 2.48. The first-order valence-electron chi connectivity index (χ1n) is 14.4. The fourth-order valence-electron chi connectivity index (χ4n) is 5.24. The number of thioether (sulfide) groups is 1. The summed E-state index contributed by atoms with van der Waals surface area (Å²) >= 11 is 1.56. The maximum absolute atomic E-state index is 9.54. The number of aliphatic imine (C=N–C) groups is 1. The van der Waals surface area contributed by atoms with Crippen LogP contribution in [-0.2, 0) is 13.0 Å². The summed E-state index contributed by atoms with van der Waals surface area (Å²) in [6.07, 6.45) is 13.2.